The van der Waals surface area contributed by atoms with Crippen molar-refractivity contribution in [1.29, 1.82) is 0 Å². The molecule has 8 nitrogen and oxygen atoms in total. The largest absolute Gasteiger partial charge is 0.369 e. The number of nitrogens with zero attached hydrogens (tertiary/aromatic N) is 5. The number of amides is 1. The fraction of sp³-hybridized carbons (Fsp3) is 0.292. The number of carbonyl (C=O) groups is 1. The molecule has 0 unspecified atom stereocenters. The predicted octanol–water partition coefficient (Wildman–Crippen LogP) is 4.52. The van der Waals surface area contributed by atoms with Crippen LogP contribution in [0.2, 0.25) is 10.0 Å². The maximum atomic E-state index is 14.9. The lowest BCUT2D eigenvalue weighted by Crippen LogP contribution is -2.49. The molecule has 1 saturated heterocycles. The van der Waals surface area contributed by atoms with Gasteiger partial charge in [0.25, 0.3) is 5.91 Å². The number of hydrogen-bond donors (Lipinski definition) is 2. The highest BCUT2D eigenvalue weighted by atomic mass is 35.5. The molecule has 1 atom stereocenters. The van der Waals surface area contributed by atoms with Gasteiger partial charge in [-0.25, -0.2) is 9.37 Å². The van der Waals surface area contributed by atoms with Crippen molar-refractivity contribution < 1.29 is 9.18 Å². The average Bonchev–Trinajstić information content (AvgIpc) is 2.83. The van der Waals surface area contributed by atoms with Gasteiger partial charge in [-0.15, -0.1) is 0 Å². The maximum Gasteiger partial charge on any atom is 0.265 e. The molecule has 182 valence electrons. The summed E-state index contributed by atoms with van der Waals surface area (Å²) < 4.78 is 14.9. The minimum absolute atomic E-state index is 0.190. The van der Waals surface area contributed by atoms with Crippen molar-refractivity contribution in [2.24, 2.45) is 0 Å². The van der Waals surface area contributed by atoms with Crippen LogP contribution in [0.5, 0.6) is 0 Å². The van der Waals surface area contributed by atoms with Gasteiger partial charge in [-0.3, -0.25) is 9.69 Å². The van der Waals surface area contributed by atoms with E-state index in [1.807, 2.05) is 6.07 Å². The van der Waals surface area contributed by atoms with Gasteiger partial charge in [-0.05, 0) is 37.3 Å². The van der Waals surface area contributed by atoms with Crippen LogP contribution in [0.25, 0.3) is 0 Å². The normalized spacial score (nSPS) is 18.0. The number of fused-ring (bicyclic) bond motifs is 1. The van der Waals surface area contributed by atoms with E-state index in [-0.39, 0.29) is 24.2 Å². The first-order chi connectivity index (χ1) is 16.8. The van der Waals surface area contributed by atoms with Gasteiger partial charge in [-0.2, -0.15) is 4.98 Å². The van der Waals surface area contributed by atoms with Gasteiger partial charge < -0.3 is 20.4 Å². The number of aromatic nitrogens is 2. The molecule has 1 amide bonds. The quantitative estimate of drug-likeness (QED) is 0.528. The summed E-state index contributed by atoms with van der Waals surface area (Å²) in [6.45, 7) is 4.80. The van der Waals surface area contributed by atoms with Crippen LogP contribution in [0, 0.1) is 5.82 Å². The molecule has 1 fully saturated rings. The molecule has 0 saturated carbocycles. The van der Waals surface area contributed by atoms with Crippen molar-refractivity contribution in [1.82, 2.24) is 15.3 Å². The van der Waals surface area contributed by atoms with Crippen LogP contribution in [0.15, 0.2) is 42.6 Å². The minimum Gasteiger partial charge on any atom is -0.369 e. The lowest BCUT2D eigenvalue weighted by Gasteiger charge is -2.35. The number of carbonyl (C=O) groups excluding carboxylic acids is 1. The second-order valence-corrected chi connectivity index (χ2v) is 9.48. The van der Waals surface area contributed by atoms with Crippen LogP contribution >= 0.6 is 23.2 Å². The van der Waals surface area contributed by atoms with E-state index in [0.717, 1.165) is 25.3 Å². The van der Waals surface area contributed by atoms with E-state index in [1.54, 1.807) is 36.2 Å². The highest BCUT2D eigenvalue weighted by Crippen LogP contribution is 2.37. The summed E-state index contributed by atoms with van der Waals surface area (Å²) in [7, 11) is 1.80. The van der Waals surface area contributed by atoms with Gasteiger partial charge in [0.15, 0.2) is 0 Å². The van der Waals surface area contributed by atoms with Gasteiger partial charge in [0.05, 0.1) is 28.1 Å². The molecule has 2 aliphatic heterocycles. The van der Waals surface area contributed by atoms with E-state index >= 15 is 0 Å². The molecule has 35 heavy (non-hydrogen) atoms. The highest BCUT2D eigenvalue weighted by molar-refractivity contribution is 6.40. The number of benzene rings is 2. The van der Waals surface area contributed by atoms with Crippen LogP contribution < -0.4 is 25.3 Å². The third-order valence-corrected chi connectivity index (χ3v) is 6.71. The first-order valence-electron chi connectivity index (χ1n) is 11.2. The van der Waals surface area contributed by atoms with Crippen LogP contribution in [-0.2, 0) is 0 Å². The van der Waals surface area contributed by atoms with E-state index in [0.29, 0.717) is 33.2 Å². The third kappa shape index (κ3) is 4.59. The Morgan fingerprint density at radius 2 is 1.97 bits per heavy atom. The number of para-hydroxylation sites is 1. The number of hydrogen-bond acceptors (Lipinski definition) is 7. The molecule has 2 N–H and O–H groups in total. The number of piperazine rings is 1. The Hall–Kier alpha value is -3.14. The van der Waals surface area contributed by atoms with Crippen molar-refractivity contribution in [3.8, 4) is 0 Å². The topological polar surface area (TPSA) is 76.6 Å². The molecule has 11 heteroatoms. The smallest absolute Gasteiger partial charge is 0.265 e. The summed E-state index contributed by atoms with van der Waals surface area (Å²) in [6.07, 6.45) is 1.43. The summed E-state index contributed by atoms with van der Waals surface area (Å²) in [5.74, 6) is -0.103. The summed E-state index contributed by atoms with van der Waals surface area (Å²) in [6, 6.07) is 10.5. The molecular weight excluding hydrogens is 492 g/mol. The molecule has 5 rings (SSSR count). The van der Waals surface area contributed by atoms with Crippen LogP contribution in [0.4, 0.5) is 33.2 Å². The average molecular weight is 516 g/mol. The summed E-state index contributed by atoms with van der Waals surface area (Å²) in [5.41, 5.74) is 1.81. The molecule has 0 radical (unpaired) electrons. The lowest BCUT2D eigenvalue weighted by atomic mass is 10.2. The van der Waals surface area contributed by atoms with Gasteiger partial charge in [0.2, 0.25) is 5.95 Å². The van der Waals surface area contributed by atoms with Crippen LogP contribution in [0.1, 0.15) is 17.3 Å². The van der Waals surface area contributed by atoms with Gasteiger partial charge in [-0.1, -0.05) is 29.3 Å². The zero-order chi connectivity index (χ0) is 24.7. The van der Waals surface area contributed by atoms with E-state index < -0.39 is 5.82 Å². The van der Waals surface area contributed by atoms with Gasteiger partial charge >= 0.3 is 0 Å². The molecule has 3 aromatic rings. The van der Waals surface area contributed by atoms with Gasteiger partial charge in [0.1, 0.15) is 17.2 Å². The van der Waals surface area contributed by atoms with E-state index in [1.165, 1.54) is 17.2 Å². The van der Waals surface area contributed by atoms with Crippen molar-refractivity contribution in [3.05, 3.63) is 64.0 Å². The van der Waals surface area contributed by atoms with Gasteiger partial charge in [0, 0.05) is 44.6 Å². The van der Waals surface area contributed by atoms with Crippen molar-refractivity contribution in [3.63, 3.8) is 0 Å². The third-order valence-electron chi connectivity index (χ3n) is 6.10. The molecule has 0 bridgehead atoms. The Morgan fingerprint density at radius 1 is 1.20 bits per heavy atom. The van der Waals surface area contributed by atoms with Crippen LogP contribution in [0.3, 0.4) is 0 Å². The molecule has 1 aromatic heterocycles. The molecule has 2 aromatic carbocycles. The first-order valence-corrected chi connectivity index (χ1v) is 12.0. The Kier molecular flexibility index (Phi) is 6.39. The predicted molar refractivity (Wildman–Crippen MR) is 138 cm³/mol. The first kappa shape index (κ1) is 23.6. The number of anilines is 5. The Labute approximate surface area is 212 Å². The SMILES string of the molecule is C[C@@H]1CN(c2ccc(Nc3ncc4c(n3)N(C)CN(c3c(Cl)cccc3Cl)C4=O)c(F)c2)CCN1. The fourth-order valence-electron chi connectivity index (χ4n) is 4.37. The molecular formula is C24H24Cl2FN7O. The molecule has 0 aliphatic carbocycles. The fourth-order valence-corrected chi connectivity index (χ4v) is 4.97. The second-order valence-electron chi connectivity index (χ2n) is 8.66. The van der Waals surface area contributed by atoms with E-state index in [2.05, 4.69) is 32.4 Å². The highest BCUT2D eigenvalue weighted by Gasteiger charge is 2.32. The second kappa shape index (κ2) is 9.49. The molecule has 2 aliphatic rings. The lowest BCUT2D eigenvalue weighted by molar-refractivity contribution is 0.0982. The van der Waals surface area contributed by atoms with Crippen LogP contribution in [-0.4, -0.2) is 55.3 Å². The van der Waals surface area contributed by atoms with E-state index in [4.69, 9.17) is 23.2 Å². The maximum absolute atomic E-state index is 14.9. The zero-order valence-corrected chi connectivity index (χ0v) is 20.7. The van der Waals surface area contributed by atoms with E-state index in [9.17, 15) is 9.18 Å². The standard InChI is InChI=1S/C24H24Cl2FN7O/c1-14-12-33(9-8-28-14)15-6-7-20(19(27)10-15)30-24-29-11-16-22(31-24)32(2)13-34(23(16)35)21-17(25)4-3-5-18(21)26/h3-7,10-11,14,28H,8-9,12-13H2,1-2H3,(H,29,30,31)/t14-/m1/s1. The Balaban J connectivity index is 1.38. The molecule has 0 spiro atoms. The van der Waals surface area contributed by atoms with Crippen molar-refractivity contribution in [2.75, 3.05) is 53.4 Å². The summed E-state index contributed by atoms with van der Waals surface area (Å²) in [5, 5.41) is 7.06. The van der Waals surface area contributed by atoms with Crippen molar-refractivity contribution in [2.45, 2.75) is 13.0 Å². The zero-order valence-electron chi connectivity index (χ0n) is 19.2. The summed E-state index contributed by atoms with van der Waals surface area (Å²) in [4.78, 5) is 27.4. The number of nitrogens with one attached hydrogen (secondary N) is 2. The monoisotopic (exact) mass is 515 g/mol. The molecule has 3 heterocycles. The number of halogens is 3. The van der Waals surface area contributed by atoms with Crippen molar-refractivity contribution >= 4 is 57.9 Å². The Morgan fingerprint density at radius 3 is 2.69 bits per heavy atom. The number of rotatable bonds is 4. The summed E-state index contributed by atoms with van der Waals surface area (Å²) >= 11 is 12.6. The Bertz CT molecular complexity index is 1270. The minimum atomic E-state index is -0.404.